The van der Waals surface area contributed by atoms with Crippen molar-refractivity contribution in [3.8, 4) is 34.2 Å². The summed E-state index contributed by atoms with van der Waals surface area (Å²) in [5.74, 6) is 0.743. The summed E-state index contributed by atoms with van der Waals surface area (Å²) < 4.78 is 45.3. The maximum absolute atomic E-state index is 13.2. The first-order chi connectivity index (χ1) is 12.9. The van der Waals surface area contributed by atoms with E-state index in [1.807, 2.05) is 30.3 Å². The van der Waals surface area contributed by atoms with Crippen molar-refractivity contribution in [2.75, 3.05) is 0 Å². The van der Waals surface area contributed by atoms with Gasteiger partial charge < -0.3 is 9.40 Å². The highest BCUT2D eigenvalue weighted by atomic mass is 35.5. The van der Waals surface area contributed by atoms with E-state index < -0.39 is 11.7 Å². The van der Waals surface area contributed by atoms with E-state index in [0.29, 0.717) is 17.3 Å². The van der Waals surface area contributed by atoms with Crippen LogP contribution in [0.2, 0.25) is 5.15 Å². The summed E-state index contributed by atoms with van der Waals surface area (Å²) in [5.41, 5.74) is 0.668. The molecule has 2 aromatic carbocycles. The lowest BCUT2D eigenvalue weighted by Crippen LogP contribution is -2.06. The summed E-state index contributed by atoms with van der Waals surface area (Å²) in [6, 6.07) is 17.7. The van der Waals surface area contributed by atoms with E-state index in [-0.39, 0.29) is 16.5 Å². The molecule has 0 radical (unpaired) electrons. The topological polar surface area (TPSA) is 41.8 Å². The largest absolute Gasteiger partial charge is 0.453 e. The number of hydrogen-bond acceptors (Lipinski definition) is 2. The van der Waals surface area contributed by atoms with Crippen molar-refractivity contribution in [3.05, 3.63) is 77.4 Å². The molecule has 7 heteroatoms. The van der Waals surface area contributed by atoms with Crippen LogP contribution in [0.15, 0.2) is 71.1 Å². The number of alkyl halides is 3. The minimum absolute atomic E-state index is 0.0304. The zero-order valence-electron chi connectivity index (χ0n) is 13.7. The van der Waals surface area contributed by atoms with Crippen LogP contribution in [0.3, 0.4) is 0 Å². The van der Waals surface area contributed by atoms with Gasteiger partial charge >= 0.3 is 6.18 Å². The second-order valence-electron chi connectivity index (χ2n) is 5.82. The minimum Gasteiger partial charge on any atom is -0.453 e. The number of hydrogen-bond donors (Lipinski definition) is 1. The van der Waals surface area contributed by atoms with Gasteiger partial charge in [-0.05, 0) is 18.2 Å². The molecule has 0 spiro atoms. The van der Waals surface area contributed by atoms with Crippen LogP contribution in [0.25, 0.3) is 34.2 Å². The number of aromatic nitrogens is 2. The van der Waals surface area contributed by atoms with E-state index in [0.717, 1.165) is 11.6 Å². The van der Waals surface area contributed by atoms with Gasteiger partial charge in [0.25, 0.3) is 0 Å². The Bertz CT molecular complexity index is 1080. The molecule has 2 heterocycles. The molecular weight excluding hydrogens is 377 g/mol. The number of nitrogens with zero attached hydrogens (tertiary/aromatic N) is 1. The summed E-state index contributed by atoms with van der Waals surface area (Å²) in [7, 11) is 0. The van der Waals surface area contributed by atoms with Crippen molar-refractivity contribution < 1.29 is 17.6 Å². The molecule has 0 aliphatic heterocycles. The molecule has 2 aromatic heterocycles. The highest BCUT2D eigenvalue weighted by Gasteiger charge is 2.34. The Labute approximate surface area is 157 Å². The molecule has 0 unspecified atom stereocenters. The van der Waals surface area contributed by atoms with Gasteiger partial charge in [0, 0.05) is 11.1 Å². The molecule has 1 N–H and O–H groups in total. The third kappa shape index (κ3) is 3.36. The number of benzene rings is 2. The normalized spacial score (nSPS) is 11.7. The van der Waals surface area contributed by atoms with E-state index in [1.54, 1.807) is 6.07 Å². The van der Waals surface area contributed by atoms with Gasteiger partial charge in [0.2, 0.25) is 0 Å². The van der Waals surface area contributed by atoms with Crippen molar-refractivity contribution in [2.45, 2.75) is 6.18 Å². The van der Waals surface area contributed by atoms with E-state index in [4.69, 9.17) is 16.0 Å². The smallest absolute Gasteiger partial charge is 0.417 e. The van der Waals surface area contributed by atoms with Crippen LogP contribution in [0.5, 0.6) is 0 Å². The molecule has 136 valence electrons. The Morgan fingerprint density at radius 3 is 2.26 bits per heavy atom. The Kier molecular flexibility index (Phi) is 4.28. The summed E-state index contributed by atoms with van der Waals surface area (Å²) in [6.45, 7) is 0. The number of imidazole rings is 1. The van der Waals surface area contributed by atoms with Crippen LogP contribution in [0.1, 0.15) is 5.56 Å². The van der Waals surface area contributed by atoms with E-state index in [9.17, 15) is 13.2 Å². The van der Waals surface area contributed by atoms with Gasteiger partial charge in [0.15, 0.2) is 16.7 Å². The van der Waals surface area contributed by atoms with Gasteiger partial charge in [-0.3, -0.25) is 0 Å². The Morgan fingerprint density at radius 1 is 0.852 bits per heavy atom. The lowest BCUT2D eigenvalue weighted by atomic mass is 10.1. The maximum atomic E-state index is 13.2. The average Bonchev–Trinajstić information content (AvgIpc) is 3.28. The zero-order chi connectivity index (χ0) is 19.0. The van der Waals surface area contributed by atoms with E-state index in [1.165, 1.54) is 24.3 Å². The lowest BCUT2D eigenvalue weighted by Gasteiger charge is -2.10. The van der Waals surface area contributed by atoms with Gasteiger partial charge in [0.1, 0.15) is 5.76 Å². The van der Waals surface area contributed by atoms with E-state index >= 15 is 0 Å². The molecule has 0 saturated heterocycles. The molecule has 4 aromatic rings. The van der Waals surface area contributed by atoms with Crippen LogP contribution in [-0.2, 0) is 6.18 Å². The van der Waals surface area contributed by atoms with Crippen LogP contribution < -0.4 is 0 Å². The third-order valence-corrected chi connectivity index (χ3v) is 4.33. The molecule has 0 atom stereocenters. The second kappa shape index (κ2) is 6.63. The lowest BCUT2D eigenvalue weighted by molar-refractivity contribution is -0.137. The minimum atomic E-state index is -4.47. The first kappa shape index (κ1) is 17.4. The van der Waals surface area contributed by atoms with Crippen LogP contribution in [-0.4, -0.2) is 9.97 Å². The number of furan rings is 1. The third-order valence-electron chi connectivity index (χ3n) is 4.06. The fourth-order valence-electron chi connectivity index (χ4n) is 2.82. The molecular formula is C20H12ClF3N2O. The van der Waals surface area contributed by atoms with E-state index in [2.05, 4.69) is 9.97 Å². The molecule has 0 saturated carbocycles. The number of halogens is 4. The highest BCUT2D eigenvalue weighted by Crippen LogP contribution is 2.39. The fraction of sp³-hybridized carbons (Fsp3) is 0.0500. The zero-order valence-corrected chi connectivity index (χ0v) is 14.5. The number of rotatable bonds is 3. The van der Waals surface area contributed by atoms with Crippen molar-refractivity contribution in [2.24, 2.45) is 0 Å². The fourth-order valence-corrected chi connectivity index (χ4v) is 3.06. The summed E-state index contributed by atoms with van der Waals surface area (Å²) in [6.07, 6.45) is -4.47. The summed E-state index contributed by atoms with van der Waals surface area (Å²) in [5, 5.41) is 0.254. The second-order valence-corrected chi connectivity index (χ2v) is 6.18. The average molecular weight is 389 g/mol. The van der Waals surface area contributed by atoms with Gasteiger partial charge in [0.05, 0.1) is 11.3 Å². The number of aromatic amines is 1. The Hall–Kier alpha value is -2.99. The van der Waals surface area contributed by atoms with Gasteiger partial charge in [-0.2, -0.15) is 13.2 Å². The summed E-state index contributed by atoms with van der Waals surface area (Å²) in [4.78, 5) is 7.29. The molecule has 0 aliphatic carbocycles. The summed E-state index contributed by atoms with van der Waals surface area (Å²) >= 11 is 6.21. The molecule has 0 aliphatic rings. The Balaban J connectivity index is 1.73. The maximum Gasteiger partial charge on any atom is 0.417 e. The van der Waals surface area contributed by atoms with Crippen molar-refractivity contribution in [1.82, 2.24) is 9.97 Å². The van der Waals surface area contributed by atoms with Crippen LogP contribution in [0.4, 0.5) is 13.2 Å². The predicted molar refractivity (Wildman–Crippen MR) is 97.2 cm³/mol. The van der Waals surface area contributed by atoms with Crippen LogP contribution in [0, 0.1) is 0 Å². The van der Waals surface area contributed by atoms with Crippen LogP contribution >= 0.6 is 11.6 Å². The number of nitrogens with one attached hydrogen (secondary N) is 1. The molecule has 0 fully saturated rings. The number of H-pyrrole nitrogens is 1. The highest BCUT2D eigenvalue weighted by molar-refractivity contribution is 6.32. The van der Waals surface area contributed by atoms with Crippen molar-refractivity contribution in [1.29, 1.82) is 0 Å². The molecule has 3 nitrogen and oxygen atoms in total. The molecule has 0 bridgehead atoms. The molecule has 4 rings (SSSR count). The molecule has 27 heavy (non-hydrogen) atoms. The van der Waals surface area contributed by atoms with Gasteiger partial charge in [-0.1, -0.05) is 60.1 Å². The first-order valence-electron chi connectivity index (χ1n) is 8.01. The quantitative estimate of drug-likeness (QED) is 0.425. The predicted octanol–water partition coefficient (Wildman–Crippen LogP) is 6.68. The SMILES string of the molecule is FC(F)(F)c1ccccc1-c1ccc(-c2nc(Cl)c(-c3ccccc3)[nH]2)o1. The molecule has 0 amide bonds. The monoisotopic (exact) mass is 388 g/mol. The van der Waals surface area contributed by atoms with Gasteiger partial charge in [-0.15, -0.1) is 0 Å². The van der Waals surface area contributed by atoms with Crippen molar-refractivity contribution >= 4 is 11.6 Å². The van der Waals surface area contributed by atoms with Crippen molar-refractivity contribution in [3.63, 3.8) is 0 Å². The first-order valence-corrected chi connectivity index (χ1v) is 8.39. The van der Waals surface area contributed by atoms with Gasteiger partial charge in [-0.25, -0.2) is 4.98 Å². The standard InChI is InChI=1S/C20H12ClF3N2O/c21-18-17(12-6-2-1-3-7-12)25-19(26-18)16-11-10-15(27-16)13-8-4-5-9-14(13)20(22,23)24/h1-11H,(H,25,26). The Morgan fingerprint density at radius 2 is 1.52 bits per heavy atom.